The third-order valence-corrected chi connectivity index (χ3v) is 9.47. The molecule has 1 aliphatic rings. The smallest absolute Gasteiger partial charge is 0.405 e. The molecule has 0 amide bonds. The maximum Gasteiger partial charge on any atom is 0.405 e. The van der Waals surface area contributed by atoms with Gasteiger partial charge in [0, 0.05) is 17.0 Å². The summed E-state index contributed by atoms with van der Waals surface area (Å²) in [4.78, 5) is 2.94. The van der Waals surface area contributed by atoms with Crippen molar-refractivity contribution in [3.05, 3.63) is 84.4 Å². The Morgan fingerprint density at radius 2 is 1.45 bits per heavy atom. The molecule has 4 rings (SSSR count). The van der Waals surface area contributed by atoms with Gasteiger partial charge >= 0.3 is 15.4 Å². The van der Waals surface area contributed by atoms with Crippen molar-refractivity contribution in [3.8, 4) is 5.75 Å². The predicted octanol–water partition coefficient (Wildman–Crippen LogP) is 6.28. The fraction of sp³-hybridized carbons (Fsp3) is 0.357. The van der Waals surface area contributed by atoms with Crippen molar-refractivity contribution in [2.75, 3.05) is 13.2 Å². The fourth-order valence-corrected chi connectivity index (χ4v) is 6.50. The molecule has 0 spiro atoms. The van der Waals surface area contributed by atoms with E-state index in [0.717, 1.165) is 27.2 Å². The second kappa shape index (κ2) is 10.6. The van der Waals surface area contributed by atoms with E-state index in [1.54, 1.807) is 12.1 Å². The van der Waals surface area contributed by atoms with Crippen LogP contribution in [0.3, 0.4) is 0 Å². The highest BCUT2D eigenvalue weighted by Gasteiger charge is 2.51. The van der Waals surface area contributed by atoms with Gasteiger partial charge < -0.3 is 14.2 Å². The van der Waals surface area contributed by atoms with Crippen molar-refractivity contribution in [2.45, 2.75) is 59.5 Å². The summed E-state index contributed by atoms with van der Waals surface area (Å²) in [6.07, 6.45) is -2.09. The van der Waals surface area contributed by atoms with Gasteiger partial charge in [-0.15, -0.1) is 0 Å². The van der Waals surface area contributed by atoms with E-state index >= 15 is 0 Å². The molecule has 10 heteroatoms. The van der Waals surface area contributed by atoms with Crippen molar-refractivity contribution >= 4 is 21.0 Å². The summed E-state index contributed by atoms with van der Waals surface area (Å²) in [7, 11) is -6.18. The zero-order valence-electron chi connectivity index (χ0n) is 21.6. The first-order valence-electron chi connectivity index (χ1n) is 12.0. The van der Waals surface area contributed by atoms with Crippen LogP contribution < -0.4 is 4.74 Å². The van der Waals surface area contributed by atoms with Crippen LogP contribution >= 0.6 is 0 Å². The molecular weight excluding hydrogens is 534 g/mol. The third kappa shape index (κ3) is 6.05. The molecule has 38 heavy (non-hydrogen) atoms. The fourth-order valence-electron chi connectivity index (χ4n) is 3.92. The zero-order valence-corrected chi connectivity index (χ0v) is 23.2. The Bertz CT molecular complexity index is 1350. The summed E-state index contributed by atoms with van der Waals surface area (Å²) in [5, 5.41) is -4.45. The number of ether oxygens (including phenoxy) is 3. The Morgan fingerprint density at radius 3 is 2.03 bits per heavy atom. The van der Waals surface area contributed by atoms with Crippen LogP contribution in [0.1, 0.15) is 33.3 Å². The Balaban J connectivity index is 1.66. The largest absolute Gasteiger partial charge is 0.483 e. The van der Waals surface area contributed by atoms with E-state index in [1.807, 2.05) is 55.5 Å². The van der Waals surface area contributed by atoms with Crippen LogP contribution in [0.2, 0.25) is 0 Å². The maximum atomic E-state index is 13.9. The van der Waals surface area contributed by atoms with Gasteiger partial charge in [-0.3, -0.25) is 4.55 Å². The highest BCUT2D eigenvalue weighted by atomic mass is 32.2. The molecule has 204 valence electrons. The van der Waals surface area contributed by atoms with Gasteiger partial charge in [-0.25, -0.2) is 0 Å². The Morgan fingerprint density at radius 1 is 0.895 bits per heavy atom. The second-order valence-corrected chi connectivity index (χ2v) is 13.6. The van der Waals surface area contributed by atoms with E-state index in [1.165, 1.54) is 12.1 Å². The molecule has 0 aliphatic carbocycles. The molecule has 2 unspecified atom stereocenters. The molecule has 0 saturated carbocycles. The minimum absolute atomic E-state index is 0.0501. The van der Waals surface area contributed by atoms with Crippen molar-refractivity contribution in [2.24, 2.45) is 5.41 Å². The molecule has 0 radical (unpaired) electrons. The third-order valence-electron chi connectivity index (χ3n) is 6.24. The number of alkyl halides is 2. The number of hydrogen-bond acceptors (Lipinski definition) is 5. The Kier molecular flexibility index (Phi) is 7.94. The predicted molar refractivity (Wildman–Crippen MR) is 141 cm³/mol. The summed E-state index contributed by atoms with van der Waals surface area (Å²) in [6, 6.07) is 24.4. The van der Waals surface area contributed by atoms with Crippen molar-refractivity contribution in [1.82, 2.24) is 0 Å². The first-order chi connectivity index (χ1) is 17.7. The first-order valence-corrected chi connectivity index (χ1v) is 14.7. The van der Waals surface area contributed by atoms with Crippen LogP contribution in [0.4, 0.5) is 8.78 Å². The van der Waals surface area contributed by atoms with Gasteiger partial charge in [0.1, 0.15) is 5.75 Å². The lowest BCUT2D eigenvalue weighted by molar-refractivity contribution is -0.298. The van der Waals surface area contributed by atoms with Crippen molar-refractivity contribution in [1.29, 1.82) is 0 Å². The lowest BCUT2D eigenvalue weighted by atomic mass is 9.94. The molecule has 1 fully saturated rings. The lowest BCUT2D eigenvalue weighted by Crippen LogP contribution is -2.43. The van der Waals surface area contributed by atoms with Crippen LogP contribution in [-0.4, -0.2) is 37.5 Å². The minimum Gasteiger partial charge on any atom is -0.483 e. The first kappa shape index (κ1) is 28.5. The molecule has 1 N–H and O–H groups in total. The number of rotatable bonds is 8. The van der Waals surface area contributed by atoms with E-state index in [2.05, 4.69) is 19.9 Å². The Hall–Kier alpha value is -2.50. The van der Waals surface area contributed by atoms with E-state index < -0.39 is 38.2 Å². The highest BCUT2D eigenvalue weighted by Crippen LogP contribution is 2.39. The van der Waals surface area contributed by atoms with Gasteiger partial charge in [0.05, 0.1) is 24.1 Å². The molecule has 1 saturated heterocycles. The zero-order chi connectivity index (χ0) is 27.8. The van der Waals surface area contributed by atoms with Gasteiger partial charge in [0.25, 0.3) is 0 Å². The normalized spacial score (nSPS) is 18.9. The number of hydrogen-bond donors (Lipinski definition) is 1. The van der Waals surface area contributed by atoms with E-state index in [9.17, 15) is 17.2 Å². The van der Waals surface area contributed by atoms with E-state index in [-0.39, 0.29) is 11.2 Å². The van der Waals surface area contributed by atoms with Crippen LogP contribution in [-0.2, 0) is 36.3 Å². The van der Waals surface area contributed by atoms with Crippen LogP contribution in [0.5, 0.6) is 5.75 Å². The average molecular weight is 566 g/mol. The molecule has 1 aliphatic heterocycles. The topological polar surface area (TPSA) is 82.1 Å². The van der Waals surface area contributed by atoms with Gasteiger partial charge in [-0.05, 0) is 56.3 Å². The number of halogens is 2. The van der Waals surface area contributed by atoms with Gasteiger partial charge in [0.2, 0.25) is 0 Å². The van der Waals surface area contributed by atoms with Crippen LogP contribution in [0.25, 0.3) is 0 Å². The SMILES string of the molecule is CC(Oc1ccc([S+](c2ccccc2)c2cccc(C3(C)OCC(C)(C)CO3)c2)cc1)C(F)(F)S(=O)(=O)O. The van der Waals surface area contributed by atoms with Gasteiger partial charge in [0.15, 0.2) is 26.6 Å². The molecule has 2 atom stereocenters. The second-order valence-electron chi connectivity index (χ2n) is 10.1. The minimum atomic E-state index is -5.62. The monoisotopic (exact) mass is 565 g/mol. The average Bonchev–Trinajstić information content (AvgIpc) is 2.87. The molecular formula is C28H31F2O6S2+. The highest BCUT2D eigenvalue weighted by molar-refractivity contribution is 7.97. The van der Waals surface area contributed by atoms with Gasteiger partial charge in [-0.1, -0.05) is 44.2 Å². The molecule has 3 aromatic carbocycles. The quantitative estimate of drug-likeness (QED) is 0.256. The molecule has 0 aromatic heterocycles. The standard InChI is InChI=1S/C28H30F2O6S2/c1-20(28(29,30)38(31,32)33)36-22-13-15-24(16-14-22)37(23-10-6-5-7-11-23)25-12-8-9-21(17-25)27(4)34-18-26(2,3)19-35-27/h5-17,20H,18-19H2,1-4H3/p+1. The molecule has 3 aromatic rings. The lowest BCUT2D eigenvalue weighted by Gasteiger charge is -2.41. The Labute approximate surface area is 225 Å². The van der Waals surface area contributed by atoms with Crippen molar-refractivity contribution in [3.63, 3.8) is 0 Å². The molecule has 6 nitrogen and oxygen atoms in total. The maximum absolute atomic E-state index is 13.9. The van der Waals surface area contributed by atoms with Crippen molar-refractivity contribution < 1.29 is 36.0 Å². The van der Waals surface area contributed by atoms with Crippen LogP contribution in [0.15, 0.2) is 93.5 Å². The summed E-state index contributed by atoms with van der Waals surface area (Å²) in [5.41, 5.74) is 0.818. The number of benzene rings is 3. The molecule has 0 bridgehead atoms. The summed E-state index contributed by atoms with van der Waals surface area (Å²) >= 11 is 0. The summed E-state index contributed by atoms with van der Waals surface area (Å²) in [5.74, 6) is -0.835. The van der Waals surface area contributed by atoms with Gasteiger partial charge in [-0.2, -0.15) is 17.2 Å². The van der Waals surface area contributed by atoms with E-state index in [0.29, 0.717) is 13.2 Å². The summed E-state index contributed by atoms with van der Waals surface area (Å²) < 4.78 is 76.3. The summed E-state index contributed by atoms with van der Waals surface area (Å²) in [6.45, 7) is 8.11. The van der Waals surface area contributed by atoms with Crippen LogP contribution in [0, 0.1) is 5.41 Å². The molecule has 1 heterocycles. The van der Waals surface area contributed by atoms with E-state index in [4.69, 9.17) is 18.8 Å².